The molecule has 0 saturated carbocycles. The van der Waals surface area contributed by atoms with Crippen LogP contribution in [0, 0.1) is 17.1 Å². The minimum Gasteiger partial charge on any atom is -0.361 e. The van der Waals surface area contributed by atoms with Crippen molar-refractivity contribution >= 4 is 0 Å². The van der Waals surface area contributed by atoms with Crippen LogP contribution in [0.5, 0.6) is 0 Å². The highest BCUT2D eigenvalue weighted by atomic mass is 19.1. The Kier molecular flexibility index (Phi) is 3.79. The lowest BCUT2D eigenvalue weighted by molar-refractivity contribution is -0.0140. The summed E-state index contributed by atoms with van der Waals surface area (Å²) in [5.74, 6) is -0.400. The summed E-state index contributed by atoms with van der Waals surface area (Å²) in [5.41, 5.74) is 1.82. The second-order valence-electron chi connectivity index (χ2n) is 5.86. The highest BCUT2D eigenvalue weighted by Gasteiger charge is 2.41. The molecule has 1 aliphatic rings. The van der Waals surface area contributed by atoms with E-state index in [9.17, 15) is 4.39 Å². The van der Waals surface area contributed by atoms with E-state index in [4.69, 9.17) is 18.2 Å². The van der Waals surface area contributed by atoms with E-state index in [-0.39, 0.29) is 27.0 Å². The second kappa shape index (κ2) is 7.77. The van der Waals surface area contributed by atoms with Crippen LogP contribution in [0.15, 0.2) is 42.5 Å². The monoisotopic (exact) mass is 346 g/mol. The topological polar surface area (TPSA) is 36.3 Å². The average Bonchev–Trinajstić information content (AvgIpc) is 3.02. The van der Waals surface area contributed by atoms with E-state index in [2.05, 4.69) is 6.07 Å². The molecule has 2 aromatic carbocycles. The summed E-state index contributed by atoms with van der Waals surface area (Å²) in [5, 5.41) is 9.16. The number of hydrogen-bond donors (Lipinski definition) is 0. The van der Waals surface area contributed by atoms with Crippen LogP contribution in [0.1, 0.15) is 50.7 Å². The summed E-state index contributed by atoms with van der Waals surface area (Å²) in [4.78, 5) is 0.521. The quantitative estimate of drug-likeness (QED) is 0.802. The predicted molar refractivity (Wildman–Crippen MR) is 97.6 cm³/mol. The number of ether oxygens (including phenoxy) is 1. The van der Waals surface area contributed by atoms with Crippen LogP contribution in [0.2, 0.25) is 0 Å². The first kappa shape index (κ1) is 12.2. The predicted octanol–water partition coefficient (Wildman–Crippen LogP) is 4.45. The van der Waals surface area contributed by atoms with E-state index in [0.717, 1.165) is 11.1 Å². The maximum Gasteiger partial charge on any atom is 0.123 e. The molecule has 1 atom stereocenters. The smallest absolute Gasteiger partial charge is 0.123 e. The van der Waals surface area contributed by atoms with Crippen LogP contribution >= 0.6 is 0 Å². The fraction of sp³-hybridized carbons (Fsp3) is 0.381. The average molecular weight is 346 g/mol. The Balaban J connectivity index is 0.00000341. The van der Waals surface area contributed by atoms with Gasteiger partial charge in [0.1, 0.15) is 11.4 Å². The zero-order chi connectivity index (χ0) is 22.2. The summed E-state index contributed by atoms with van der Waals surface area (Å²) >= 11 is 0. The molecule has 25 heavy (non-hydrogen) atoms. The Morgan fingerprint density at radius 2 is 2.04 bits per heavy atom. The van der Waals surface area contributed by atoms with Crippen LogP contribution in [0.4, 0.5) is 4.39 Å². The Hall–Kier alpha value is -2.22. The molecular formula is C21H25FN2O. The van der Waals surface area contributed by atoms with Gasteiger partial charge in [-0.3, -0.25) is 0 Å². The van der Waals surface area contributed by atoms with Gasteiger partial charge in [-0.15, -0.1) is 0 Å². The van der Waals surface area contributed by atoms with Crippen LogP contribution in [-0.4, -0.2) is 25.4 Å². The highest BCUT2D eigenvalue weighted by Crippen LogP contribution is 2.45. The maximum absolute atomic E-state index is 13.5. The van der Waals surface area contributed by atoms with Crippen molar-refractivity contribution < 1.29 is 17.4 Å². The maximum atomic E-state index is 13.5. The standard InChI is InChI=1S/C20H21FN2O.CH4/c1-23(2)11-3-10-20(17-5-7-18(21)8-6-17)19-9-4-15(13-22)12-16(19)14-24-20;/h4-9,12H,3,10-11,14H2,1-2H3;1H4/i1D3,2D3;. The molecule has 0 spiro atoms. The van der Waals surface area contributed by atoms with Crippen molar-refractivity contribution in [2.45, 2.75) is 32.5 Å². The molecule has 0 fully saturated rings. The van der Waals surface area contributed by atoms with Crippen molar-refractivity contribution in [3.8, 4) is 6.07 Å². The Bertz CT molecular complexity index is 938. The van der Waals surface area contributed by atoms with E-state index in [1.54, 1.807) is 30.3 Å². The summed E-state index contributed by atoms with van der Waals surface area (Å²) in [7, 11) is 0. The largest absolute Gasteiger partial charge is 0.361 e. The molecule has 0 saturated heterocycles. The van der Waals surface area contributed by atoms with Gasteiger partial charge in [0, 0.05) is 8.22 Å². The number of fused-ring (bicyclic) bond motifs is 1. The van der Waals surface area contributed by atoms with Gasteiger partial charge in [-0.1, -0.05) is 25.6 Å². The van der Waals surface area contributed by atoms with Crippen LogP contribution in [0.25, 0.3) is 0 Å². The first-order chi connectivity index (χ1) is 14.0. The first-order valence-electron chi connectivity index (χ1n) is 10.7. The number of halogens is 1. The summed E-state index contributed by atoms with van der Waals surface area (Å²) in [6.45, 7) is -5.47. The van der Waals surface area contributed by atoms with Crippen molar-refractivity contribution in [2.75, 3.05) is 20.5 Å². The number of nitrogens with zero attached hydrogens (tertiary/aromatic N) is 2. The van der Waals surface area contributed by atoms with Crippen LogP contribution in [-0.2, 0) is 16.9 Å². The Morgan fingerprint density at radius 1 is 1.28 bits per heavy atom. The lowest BCUT2D eigenvalue weighted by Gasteiger charge is -2.31. The highest BCUT2D eigenvalue weighted by molar-refractivity contribution is 5.47. The van der Waals surface area contributed by atoms with Gasteiger partial charge >= 0.3 is 0 Å². The molecule has 0 radical (unpaired) electrons. The molecule has 0 aliphatic carbocycles. The zero-order valence-electron chi connectivity index (χ0n) is 19.1. The molecule has 0 aromatic heterocycles. The van der Waals surface area contributed by atoms with E-state index in [1.165, 1.54) is 12.1 Å². The zero-order valence-corrected chi connectivity index (χ0v) is 13.1. The molecule has 0 amide bonds. The van der Waals surface area contributed by atoms with Crippen molar-refractivity contribution in [1.29, 1.82) is 5.26 Å². The summed E-state index contributed by atoms with van der Waals surface area (Å²) < 4.78 is 64.8. The third-order valence-corrected chi connectivity index (χ3v) is 4.36. The van der Waals surface area contributed by atoms with Gasteiger partial charge in [-0.25, -0.2) is 4.39 Å². The lowest BCUT2D eigenvalue weighted by atomic mass is 9.81. The van der Waals surface area contributed by atoms with Gasteiger partial charge in [0.15, 0.2) is 0 Å². The fourth-order valence-electron chi connectivity index (χ4n) is 3.25. The minimum absolute atomic E-state index is 0. The third kappa shape index (κ3) is 3.73. The molecule has 0 N–H and O–H groups in total. The van der Waals surface area contributed by atoms with Gasteiger partial charge in [-0.2, -0.15) is 5.26 Å². The number of rotatable bonds is 5. The minimum atomic E-state index is -2.76. The third-order valence-electron chi connectivity index (χ3n) is 4.36. The first-order valence-corrected chi connectivity index (χ1v) is 7.69. The number of benzene rings is 2. The van der Waals surface area contributed by atoms with Gasteiger partial charge in [-0.05, 0) is 74.3 Å². The molecule has 3 nitrogen and oxygen atoms in total. The van der Waals surface area contributed by atoms with E-state index in [1.807, 2.05) is 0 Å². The molecule has 1 unspecified atom stereocenters. The molecule has 132 valence electrons. The van der Waals surface area contributed by atoms with Crippen molar-refractivity contribution in [3.05, 3.63) is 70.5 Å². The SMILES string of the molecule is C.[2H]C([2H])([2H])N(CCCC1(c2ccc(F)cc2)OCc2cc(C#N)ccc21)C([2H])([2H])[2H]. The van der Waals surface area contributed by atoms with Gasteiger partial charge in [0.25, 0.3) is 0 Å². The van der Waals surface area contributed by atoms with Crippen molar-refractivity contribution in [1.82, 2.24) is 4.90 Å². The molecule has 2 aromatic rings. The summed E-state index contributed by atoms with van der Waals surface area (Å²) in [6.07, 6.45) is 0.508. The van der Waals surface area contributed by atoms with Crippen LogP contribution < -0.4 is 0 Å². The molecule has 0 bridgehead atoms. The van der Waals surface area contributed by atoms with Crippen LogP contribution in [0.3, 0.4) is 0 Å². The van der Waals surface area contributed by atoms with Crippen molar-refractivity contribution in [2.24, 2.45) is 0 Å². The van der Waals surface area contributed by atoms with E-state index >= 15 is 0 Å². The summed E-state index contributed by atoms with van der Waals surface area (Å²) in [6, 6.07) is 13.1. The Labute approximate surface area is 158 Å². The van der Waals surface area contributed by atoms with E-state index < -0.39 is 25.4 Å². The number of nitriles is 1. The molecule has 3 rings (SSSR count). The molecule has 1 aliphatic heterocycles. The second-order valence-corrected chi connectivity index (χ2v) is 5.86. The molecule has 4 heteroatoms. The fourth-order valence-corrected chi connectivity index (χ4v) is 3.25. The Morgan fingerprint density at radius 3 is 2.72 bits per heavy atom. The van der Waals surface area contributed by atoms with Gasteiger partial charge in [0.2, 0.25) is 0 Å². The molecule has 1 heterocycles. The van der Waals surface area contributed by atoms with Gasteiger partial charge < -0.3 is 9.64 Å². The van der Waals surface area contributed by atoms with E-state index in [0.29, 0.717) is 22.4 Å². The normalized spacial score (nSPS) is 23.1. The van der Waals surface area contributed by atoms with Gasteiger partial charge in [0.05, 0.1) is 18.2 Å². The number of hydrogen-bond acceptors (Lipinski definition) is 3. The molecular weight excluding hydrogens is 315 g/mol. The van der Waals surface area contributed by atoms with Crippen molar-refractivity contribution in [3.63, 3.8) is 0 Å². The lowest BCUT2D eigenvalue weighted by Crippen LogP contribution is -2.28.